The Kier molecular flexibility index (Phi) is 3.33. The van der Waals surface area contributed by atoms with Gasteiger partial charge in [-0.1, -0.05) is 18.5 Å². The van der Waals surface area contributed by atoms with Crippen molar-refractivity contribution >= 4 is 17.3 Å². The van der Waals surface area contributed by atoms with Gasteiger partial charge < -0.3 is 5.73 Å². The lowest BCUT2D eigenvalue weighted by Crippen LogP contribution is -2.25. The average molecular weight is 272 g/mol. The second kappa shape index (κ2) is 4.77. The summed E-state index contributed by atoms with van der Waals surface area (Å²) in [5.74, 6) is -0.681. The van der Waals surface area contributed by atoms with Crippen molar-refractivity contribution in [3.63, 3.8) is 0 Å². The highest BCUT2D eigenvalue weighted by atomic mass is 35.5. The van der Waals surface area contributed by atoms with Gasteiger partial charge in [-0.3, -0.25) is 0 Å². The molecule has 0 spiro atoms. The summed E-state index contributed by atoms with van der Waals surface area (Å²) in [5, 5.41) is 7.35. The molecule has 1 aromatic carbocycles. The fourth-order valence-electron chi connectivity index (χ4n) is 1.49. The summed E-state index contributed by atoms with van der Waals surface area (Å²) in [6.07, 6.45) is 0.726. The molecule has 0 fully saturated rings. The molecule has 0 unspecified atom stereocenters. The van der Waals surface area contributed by atoms with Crippen LogP contribution < -0.4 is 11.4 Å². The zero-order valence-electron chi connectivity index (χ0n) is 9.60. The van der Waals surface area contributed by atoms with E-state index < -0.39 is 11.5 Å². The average Bonchev–Trinajstić information content (AvgIpc) is 2.67. The van der Waals surface area contributed by atoms with Gasteiger partial charge in [0.1, 0.15) is 5.69 Å². The molecule has 2 aromatic rings. The lowest BCUT2D eigenvalue weighted by molar-refractivity contribution is 0.564. The van der Waals surface area contributed by atoms with Crippen molar-refractivity contribution in [1.29, 1.82) is 0 Å². The van der Waals surface area contributed by atoms with Gasteiger partial charge >= 0.3 is 5.69 Å². The molecular weight excluding hydrogens is 261 g/mol. The summed E-state index contributed by atoms with van der Waals surface area (Å²) in [6, 6.07) is 2.29. The number of aromatic nitrogens is 4. The third-order valence-electron chi connectivity index (χ3n) is 2.37. The number of halogens is 2. The third kappa shape index (κ3) is 2.08. The van der Waals surface area contributed by atoms with Crippen LogP contribution >= 0.6 is 11.6 Å². The standard InChI is InChI=1S/C10H11ClFN5O/c1-2-3-16-10(18)17(15-14-16)9-5-8(13)6(11)4-7(9)12/h4-5H,2-3,13H2,1H3. The van der Waals surface area contributed by atoms with Crippen LogP contribution in [-0.4, -0.2) is 19.8 Å². The zero-order valence-corrected chi connectivity index (χ0v) is 10.4. The number of nitrogens with zero attached hydrogens (tertiary/aromatic N) is 4. The minimum atomic E-state index is -0.681. The van der Waals surface area contributed by atoms with E-state index >= 15 is 0 Å². The molecule has 1 heterocycles. The number of aryl methyl sites for hydroxylation is 1. The molecule has 2 N–H and O–H groups in total. The van der Waals surface area contributed by atoms with E-state index in [0.29, 0.717) is 6.54 Å². The summed E-state index contributed by atoms with van der Waals surface area (Å²) >= 11 is 5.67. The van der Waals surface area contributed by atoms with Crippen LogP contribution in [0.25, 0.3) is 5.69 Å². The highest BCUT2D eigenvalue weighted by Gasteiger charge is 2.14. The maximum atomic E-state index is 13.7. The molecule has 0 aliphatic rings. The van der Waals surface area contributed by atoms with Crippen LogP contribution in [0, 0.1) is 5.82 Å². The van der Waals surface area contributed by atoms with Crippen LogP contribution in [0.1, 0.15) is 13.3 Å². The molecule has 0 bridgehead atoms. The molecule has 0 amide bonds. The Morgan fingerprint density at radius 1 is 1.44 bits per heavy atom. The van der Waals surface area contributed by atoms with E-state index in [2.05, 4.69) is 10.4 Å². The fourth-order valence-corrected chi connectivity index (χ4v) is 1.64. The molecule has 18 heavy (non-hydrogen) atoms. The topological polar surface area (TPSA) is 78.7 Å². The number of tetrazole rings is 1. The van der Waals surface area contributed by atoms with Gasteiger partial charge in [-0.05, 0) is 29.0 Å². The van der Waals surface area contributed by atoms with Crippen molar-refractivity contribution in [2.45, 2.75) is 19.9 Å². The predicted octanol–water partition coefficient (Wildman–Crippen LogP) is 1.21. The Hall–Kier alpha value is -1.89. The van der Waals surface area contributed by atoms with Crippen LogP contribution in [0.5, 0.6) is 0 Å². The molecule has 0 aliphatic heterocycles. The van der Waals surface area contributed by atoms with E-state index in [0.717, 1.165) is 21.9 Å². The Morgan fingerprint density at radius 2 is 2.17 bits per heavy atom. The monoisotopic (exact) mass is 271 g/mol. The number of hydrogen-bond acceptors (Lipinski definition) is 4. The van der Waals surface area contributed by atoms with Crippen molar-refractivity contribution < 1.29 is 4.39 Å². The largest absolute Gasteiger partial charge is 0.397 e. The third-order valence-corrected chi connectivity index (χ3v) is 2.70. The molecule has 6 nitrogen and oxygen atoms in total. The van der Waals surface area contributed by atoms with Gasteiger partial charge in [0.25, 0.3) is 0 Å². The summed E-state index contributed by atoms with van der Waals surface area (Å²) in [5.41, 5.74) is 5.16. The van der Waals surface area contributed by atoms with Crippen LogP contribution in [0.3, 0.4) is 0 Å². The van der Waals surface area contributed by atoms with Crippen LogP contribution in [0.4, 0.5) is 10.1 Å². The molecule has 0 radical (unpaired) electrons. The normalized spacial score (nSPS) is 10.8. The van der Waals surface area contributed by atoms with E-state index in [9.17, 15) is 9.18 Å². The molecule has 0 aliphatic carbocycles. The van der Waals surface area contributed by atoms with Gasteiger partial charge in [0.05, 0.1) is 10.7 Å². The number of nitrogens with two attached hydrogens (primary N) is 1. The number of benzene rings is 1. The second-order valence-corrected chi connectivity index (χ2v) is 4.13. The Balaban J connectivity index is 2.56. The molecule has 96 valence electrons. The van der Waals surface area contributed by atoms with Crippen LogP contribution in [0.15, 0.2) is 16.9 Å². The van der Waals surface area contributed by atoms with Gasteiger partial charge in [-0.25, -0.2) is 9.18 Å². The lowest BCUT2D eigenvalue weighted by atomic mass is 10.2. The first-order valence-corrected chi connectivity index (χ1v) is 5.70. The van der Waals surface area contributed by atoms with Gasteiger partial charge in [0.15, 0.2) is 5.82 Å². The first-order chi connectivity index (χ1) is 8.54. The van der Waals surface area contributed by atoms with E-state index in [4.69, 9.17) is 17.3 Å². The molecule has 1 aromatic heterocycles. The Labute approximate surface area is 107 Å². The quantitative estimate of drug-likeness (QED) is 0.851. The van der Waals surface area contributed by atoms with Crippen molar-refractivity contribution in [3.8, 4) is 5.69 Å². The van der Waals surface area contributed by atoms with Crippen molar-refractivity contribution in [2.75, 3.05) is 5.73 Å². The molecular formula is C10H11ClFN5O. The van der Waals surface area contributed by atoms with E-state index in [1.54, 1.807) is 0 Å². The minimum Gasteiger partial charge on any atom is -0.397 e. The van der Waals surface area contributed by atoms with Crippen molar-refractivity contribution in [3.05, 3.63) is 33.5 Å². The molecule has 8 heteroatoms. The SMILES string of the molecule is CCCn1nnn(-c2cc(N)c(Cl)cc2F)c1=O. The maximum Gasteiger partial charge on any atom is 0.368 e. The highest BCUT2D eigenvalue weighted by Crippen LogP contribution is 2.23. The van der Waals surface area contributed by atoms with E-state index in [1.165, 1.54) is 6.07 Å². The summed E-state index contributed by atoms with van der Waals surface area (Å²) in [4.78, 5) is 11.9. The number of hydrogen-bond donors (Lipinski definition) is 1. The molecule has 0 saturated carbocycles. The summed E-state index contributed by atoms with van der Waals surface area (Å²) in [7, 11) is 0. The van der Waals surface area contributed by atoms with Gasteiger partial charge in [0.2, 0.25) is 0 Å². The van der Waals surface area contributed by atoms with Gasteiger partial charge in [-0.15, -0.1) is 0 Å². The van der Waals surface area contributed by atoms with Crippen molar-refractivity contribution in [2.24, 2.45) is 0 Å². The first kappa shape index (κ1) is 12.6. The van der Waals surface area contributed by atoms with Crippen LogP contribution in [-0.2, 0) is 6.54 Å². The maximum absolute atomic E-state index is 13.7. The van der Waals surface area contributed by atoms with Gasteiger partial charge in [0, 0.05) is 6.54 Å². The van der Waals surface area contributed by atoms with Crippen LogP contribution in [0.2, 0.25) is 5.02 Å². The smallest absolute Gasteiger partial charge is 0.368 e. The van der Waals surface area contributed by atoms with E-state index in [-0.39, 0.29) is 16.4 Å². The Morgan fingerprint density at radius 3 is 2.83 bits per heavy atom. The molecule has 0 saturated heterocycles. The molecule has 0 atom stereocenters. The highest BCUT2D eigenvalue weighted by molar-refractivity contribution is 6.33. The predicted molar refractivity (Wildman–Crippen MR) is 65.3 cm³/mol. The number of anilines is 1. The number of nitrogen functional groups attached to an aromatic ring is 1. The molecule has 2 rings (SSSR count). The van der Waals surface area contributed by atoms with Crippen molar-refractivity contribution in [1.82, 2.24) is 19.8 Å². The number of rotatable bonds is 3. The second-order valence-electron chi connectivity index (χ2n) is 3.72. The van der Waals surface area contributed by atoms with Gasteiger partial charge in [-0.2, -0.15) is 9.36 Å². The summed E-state index contributed by atoms with van der Waals surface area (Å²) < 4.78 is 15.7. The lowest BCUT2D eigenvalue weighted by Gasteiger charge is -2.04. The minimum absolute atomic E-state index is 0.0655. The zero-order chi connectivity index (χ0) is 13.3. The summed E-state index contributed by atoms with van der Waals surface area (Å²) in [6.45, 7) is 2.32. The first-order valence-electron chi connectivity index (χ1n) is 5.32. The van der Waals surface area contributed by atoms with E-state index in [1.807, 2.05) is 6.92 Å². The Bertz CT molecular complexity index is 636. The fraction of sp³-hybridized carbons (Fsp3) is 0.300.